The monoisotopic (exact) mass is 483 g/mol. The molecule has 0 spiro atoms. The molecular weight excluding hydrogens is 461 g/mol. The SMILES string of the molecule is Cc1nc2cc(-c3cccc(-c4ccc(F)cc4O)c3)nn2c(Cl)c1C(OC(C)(C)C)C(=O)O. The Bertz CT molecular complexity index is 1410. The summed E-state index contributed by atoms with van der Waals surface area (Å²) in [6.07, 6.45) is -1.32. The Morgan fingerprint density at radius 1 is 1.15 bits per heavy atom. The van der Waals surface area contributed by atoms with Crippen molar-refractivity contribution in [3.8, 4) is 28.1 Å². The van der Waals surface area contributed by atoms with Crippen molar-refractivity contribution in [2.75, 3.05) is 0 Å². The lowest BCUT2D eigenvalue weighted by Crippen LogP contribution is -2.28. The summed E-state index contributed by atoms with van der Waals surface area (Å²) >= 11 is 6.63. The second-order valence-electron chi connectivity index (χ2n) is 8.89. The van der Waals surface area contributed by atoms with Gasteiger partial charge in [-0.3, -0.25) is 0 Å². The molecule has 0 fully saturated rings. The molecule has 0 aliphatic rings. The van der Waals surface area contributed by atoms with Crippen LogP contribution in [0.15, 0.2) is 48.5 Å². The van der Waals surface area contributed by atoms with Crippen molar-refractivity contribution >= 4 is 23.2 Å². The summed E-state index contributed by atoms with van der Waals surface area (Å²) in [7, 11) is 0. The van der Waals surface area contributed by atoms with Crippen LogP contribution in [0.5, 0.6) is 5.75 Å². The zero-order valence-electron chi connectivity index (χ0n) is 19.0. The minimum atomic E-state index is -1.32. The maximum atomic E-state index is 13.4. The number of nitrogens with zero attached hydrogens (tertiary/aromatic N) is 3. The Balaban J connectivity index is 1.81. The molecule has 2 heterocycles. The van der Waals surface area contributed by atoms with Crippen LogP contribution in [0.1, 0.15) is 38.1 Å². The number of rotatable bonds is 5. The van der Waals surface area contributed by atoms with Crippen LogP contribution in [0.4, 0.5) is 4.39 Å². The molecule has 0 radical (unpaired) electrons. The van der Waals surface area contributed by atoms with Gasteiger partial charge in [0.15, 0.2) is 11.8 Å². The largest absolute Gasteiger partial charge is 0.507 e. The third kappa shape index (κ3) is 4.60. The van der Waals surface area contributed by atoms with Crippen molar-refractivity contribution in [1.82, 2.24) is 14.6 Å². The molecule has 0 aliphatic carbocycles. The van der Waals surface area contributed by atoms with Gasteiger partial charge in [0.05, 0.1) is 16.9 Å². The number of aromatic hydroxyl groups is 1. The molecule has 2 N–H and O–H groups in total. The summed E-state index contributed by atoms with van der Waals surface area (Å²) in [6, 6.07) is 12.8. The molecule has 176 valence electrons. The number of phenolic OH excluding ortho intramolecular Hbond substituents is 1. The summed E-state index contributed by atoms with van der Waals surface area (Å²) in [5.74, 6) is -1.88. The average molecular weight is 484 g/mol. The first-order valence-corrected chi connectivity index (χ1v) is 10.9. The fourth-order valence-corrected chi connectivity index (χ4v) is 4.07. The van der Waals surface area contributed by atoms with E-state index in [0.717, 1.165) is 6.07 Å². The van der Waals surface area contributed by atoms with Crippen molar-refractivity contribution < 1.29 is 24.1 Å². The molecule has 0 amide bonds. The number of hydrogen-bond acceptors (Lipinski definition) is 5. The van der Waals surface area contributed by atoms with Gasteiger partial charge in [-0.1, -0.05) is 29.8 Å². The Kier molecular flexibility index (Phi) is 6.05. The number of carboxylic acid groups (broad SMARTS) is 1. The maximum absolute atomic E-state index is 13.4. The molecule has 0 aliphatic heterocycles. The number of halogens is 2. The fraction of sp³-hybridized carbons (Fsp3) is 0.240. The number of ether oxygens (including phenoxy) is 1. The molecule has 1 atom stereocenters. The van der Waals surface area contributed by atoms with Gasteiger partial charge in [-0.2, -0.15) is 5.10 Å². The first-order valence-electron chi connectivity index (χ1n) is 10.5. The summed E-state index contributed by atoms with van der Waals surface area (Å²) < 4.78 is 20.5. The van der Waals surface area contributed by atoms with Crippen molar-refractivity contribution in [2.45, 2.75) is 39.4 Å². The number of carboxylic acids is 1. The Morgan fingerprint density at radius 3 is 2.50 bits per heavy atom. The van der Waals surface area contributed by atoms with Gasteiger partial charge in [-0.25, -0.2) is 18.7 Å². The van der Waals surface area contributed by atoms with Gasteiger partial charge in [0.2, 0.25) is 0 Å². The number of fused-ring (bicyclic) bond motifs is 1. The normalized spacial score (nSPS) is 12.8. The quantitative estimate of drug-likeness (QED) is 0.348. The minimum absolute atomic E-state index is 0.0951. The average Bonchev–Trinajstić information content (AvgIpc) is 3.16. The van der Waals surface area contributed by atoms with Gasteiger partial charge in [0.25, 0.3) is 0 Å². The van der Waals surface area contributed by atoms with E-state index < -0.39 is 23.5 Å². The lowest BCUT2D eigenvalue weighted by atomic mass is 10.0. The summed E-state index contributed by atoms with van der Waals surface area (Å²) in [5.41, 5.74) is 2.77. The second kappa shape index (κ2) is 8.70. The van der Waals surface area contributed by atoms with Crippen molar-refractivity contribution in [3.63, 3.8) is 0 Å². The van der Waals surface area contributed by atoms with E-state index in [1.807, 2.05) is 6.07 Å². The zero-order chi connectivity index (χ0) is 24.8. The number of aryl methyl sites for hydroxylation is 1. The van der Waals surface area contributed by atoms with Crippen LogP contribution in [0.25, 0.3) is 28.0 Å². The van der Waals surface area contributed by atoms with E-state index in [4.69, 9.17) is 16.3 Å². The van der Waals surface area contributed by atoms with Crippen LogP contribution in [0, 0.1) is 12.7 Å². The predicted molar refractivity (Wildman–Crippen MR) is 126 cm³/mol. The van der Waals surface area contributed by atoms with Crippen LogP contribution in [-0.4, -0.2) is 36.4 Å². The molecule has 2 aromatic carbocycles. The van der Waals surface area contributed by atoms with Crippen LogP contribution in [-0.2, 0) is 9.53 Å². The van der Waals surface area contributed by atoms with Gasteiger partial charge in [-0.05, 0) is 51.5 Å². The molecule has 0 saturated heterocycles. The third-order valence-electron chi connectivity index (χ3n) is 5.16. The van der Waals surface area contributed by atoms with Crippen molar-refractivity contribution in [2.24, 2.45) is 0 Å². The van der Waals surface area contributed by atoms with Crippen molar-refractivity contribution in [3.05, 3.63) is 70.8 Å². The van der Waals surface area contributed by atoms with E-state index in [1.54, 1.807) is 52.0 Å². The fourth-order valence-electron chi connectivity index (χ4n) is 3.71. The van der Waals surface area contributed by atoms with Crippen LogP contribution in [0.2, 0.25) is 5.15 Å². The molecule has 0 bridgehead atoms. The lowest BCUT2D eigenvalue weighted by Gasteiger charge is -2.26. The van der Waals surface area contributed by atoms with Gasteiger partial charge < -0.3 is 14.9 Å². The highest BCUT2D eigenvalue weighted by molar-refractivity contribution is 6.30. The van der Waals surface area contributed by atoms with Gasteiger partial charge in [0, 0.05) is 29.0 Å². The van der Waals surface area contributed by atoms with E-state index in [9.17, 15) is 19.4 Å². The summed E-state index contributed by atoms with van der Waals surface area (Å²) in [4.78, 5) is 16.5. The number of aliphatic carboxylic acids is 1. The number of benzene rings is 2. The third-order valence-corrected chi connectivity index (χ3v) is 5.52. The summed E-state index contributed by atoms with van der Waals surface area (Å²) in [6.45, 7) is 6.95. The number of phenols is 1. The molecular formula is C25H23ClFN3O4. The Morgan fingerprint density at radius 2 is 1.85 bits per heavy atom. The molecule has 2 aromatic heterocycles. The van der Waals surface area contributed by atoms with E-state index >= 15 is 0 Å². The molecule has 0 saturated carbocycles. The van der Waals surface area contributed by atoms with Gasteiger partial charge in [-0.15, -0.1) is 0 Å². The summed E-state index contributed by atoms with van der Waals surface area (Å²) in [5, 5.41) is 24.6. The molecule has 4 rings (SSSR count). The number of hydrogen-bond donors (Lipinski definition) is 2. The molecule has 1 unspecified atom stereocenters. The highest BCUT2D eigenvalue weighted by Crippen LogP contribution is 2.35. The van der Waals surface area contributed by atoms with E-state index in [-0.39, 0.29) is 16.5 Å². The smallest absolute Gasteiger partial charge is 0.337 e. The Labute approximate surface area is 200 Å². The van der Waals surface area contributed by atoms with E-state index in [0.29, 0.717) is 33.7 Å². The van der Waals surface area contributed by atoms with Crippen LogP contribution < -0.4 is 0 Å². The van der Waals surface area contributed by atoms with Gasteiger partial charge in [0.1, 0.15) is 16.7 Å². The highest BCUT2D eigenvalue weighted by atomic mass is 35.5. The topological polar surface area (TPSA) is 97.0 Å². The standard InChI is InChI=1S/C25H23ClFN3O4/c1-13-21(22(24(32)33)34-25(2,3)4)23(26)30-20(28-13)12-18(29-30)15-7-5-6-14(10-15)17-9-8-16(27)11-19(17)31/h5-12,22,31H,1-4H3,(H,32,33). The van der Waals surface area contributed by atoms with E-state index in [1.165, 1.54) is 16.6 Å². The minimum Gasteiger partial charge on any atom is -0.507 e. The molecule has 4 aromatic rings. The molecule has 9 heteroatoms. The Hall–Kier alpha value is -3.49. The molecule has 34 heavy (non-hydrogen) atoms. The number of carbonyl (C=O) groups is 1. The van der Waals surface area contributed by atoms with E-state index in [2.05, 4.69) is 10.1 Å². The predicted octanol–water partition coefficient (Wildman–Crippen LogP) is 5.81. The van der Waals surface area contributed by atoms with Crippen LogP contribution in [0.3, 0.4) is 0 Å². The molecule has 7 nitrogen and oxygen atoms in total. The highest BCUT2D eigenvalue weighted by Gasteiger charge is 2.32. The first-order chi connectivity index (χ1) is 15.9. The number of aromatic nitrogens is 3. The zero-order valence-corrected chi connectivity index (χ0v) is 19.8. The maximum Gasteiger partial charge on any atom is 0.337 e. The second-order valence-corrected chi connectivity index (χ2v) is 9.25. The van der Waals surface area contributed by atoms with Gasteiger partial charge >= 0.3 is 5.97 Å². The first kappa shape index (κ1) is 23.7. The lowest BCUT2D eigenvalue weighted by molar-refractivity contribution is -0.160. The van der Waals surface area contributed by atoms with Crippen LogP contribution >= 0.6 is 11.6 Å². The van der Waals surface area contributed by atoms with Crippen molar-refractivity contribution in [1.29, 1.82) is 0 Å².